The van der Waals surface area contributed by atoms with Crippen LogP contribution in [0.4, 0.5) is 11.8 Å². The van der Waals surface area contributed by atoms with Gasteiger partial charge in [0.15, 0.2) is 0 Å². The van der Waals surface area contributed by atoms with Gasteiger partial charge in [0.05, 0.1) is 0 Å². The maximum Gasteiger partial charge on any atom is 0.224 e. The normalized spacial score (nSPS) is 18.0. The van der Waals surface area contributed by atoms with E-state index in [0.717, 1.165) is 12.4 Å². The second-order valence-corrected chi connectivity index (χ2v) is 4.53. The molecule has 2 N–H and O–H groups in total. The van der Waals surface area contributed by atoms with Gasteiger partial charge < -0.3 is 10.6 Å². The first-order chi connectivity index (χ1) is 7.22. The topological polar surface area (TPSA) is 49.8 Å². The van der Waals surface area contributed by atoms with Crippen molar-refractivity contribution in [3.63, 3.8) is 0 Å². The summed E-state index contributed by atoms with van der Waals surface area (Å²) in [5, 5.41) is 6.30. The standard InChI is InChI=1S/C11H18N4/c1-11(5-3-6-11)8-14-9-4-7-13-10(12-2)15-9/h4,7H,3,5-6,8H2,1-2H3,(H2,12,13,14,15). The largest absolute Gasteiger partial charge is 0.369 e. The van der Waals surface area contributed by atoms with Gasteiger partial charge in [-0.1, -0.05) is 13.3 Å². The fourth-order valence-electron chi connectivity index (χ4n) is 1.84. The van der Waals surface area contributed by atoms with Crippen molar-refractivity contribution >= 4 is 11.8 Å². The molecule has 0 saturated heterocycles. The number of hydrogen-bond acceptors (Lipinski definition) is 4. The van der Waals surface area contributed by atoms with Crippen LogP contribution >= 0.6 is 0 Å². The lowest BCUT2D eigenvalue weighted by Gasteiger charge is -2.38. The molecular formula is C11H18N4. The van der Waals surface area contributed by atoms with Gasteiger partial charge in [0.25, 0.3) is 0 Å². The van der Waals surface area contributed by atoms with Gasteiger partial charge in [0, 0.05) is 19.8 Å². The molecule has 0 aromatic carbocycles. The predicted molar refractivity (Wildman–Crippen MR) is 62.0 cm³/mol. The second kappa shape index (κ2) is 4.04. The molecule has 0 spiro atoms. The lowest BCUT2D eigenvalue weighted by Crippen LogP contribution is -2.33. The van der Waals surface area contributed by atoms with E-state index in [1.165, 1.54) is 19.3 Å². The Hall–Kier alpha value is -1.32. The highest BCUT2D eigenvalue weighted by molar-refractivity contribution is 5.39. The molecule has 1 aromatic rings. The highest BCUT2D eigenvalue weighted by Gasteiger charge is 2.31. The Morgan fingerprint density at radius 3 is 2.87 bits per heavy atom. The fraction of sp³-hybridized carbons (Fsp3) is 0.636. The summed E-state index contributed by atoms with van der Waals surface area (Å²) in [4.78, 5) is 8.39. The van der Waals surface area contributed by atoms with Gasteiger partial charge in [-0.3, -0.25) is 0 Å². The zero-order chi connectivity index (χ0) is 10.7. The average Bonchev–Trinajstić information content (AvgIpc) is 2.24. The maximum atomic E-state index is 4.32. The third-order valence-electron chi connectivity index (χ3n) is 3.14. The molecule has 1 saturated carbocycles. The summed E-state index contributed by atoms with van der Waals surface area (Å²) in [6.45, 7) is 3.33. The average molecular weight is 206 g/mol. The molecule has 4 nitrogen and oxygen atoms in total. The molecule has 0 amide bonds. The highest BCUT2D eigenvalue weighted by Crippen LogP contribution is 2.40. The molecule has 4 heteroatoms. The smallest absolute Gasteiger partial charge is 0.224 e. The number of aromatic nitrogens is 2. The molecule has 1 aliphatic rings. The van der Waals surface area contributed by atoms with E-state index in [1.54, 1.807) is 6.20 Å². The Balaban J connectivity index is 1.92. The molecule has 0 aliphatic heterocycles. The van der Waals surface area contributed by atoms with Crippen molar-refractivity contribution in [3.8, 4) is 0 Å². The van der Waals surface area contributed by atoms with Crippen LogP contribution in [0.1, 0.15) is 26.2 Å². The number of nitrogens with zero attached hydrogens (tertiary/aromatic N) is 2. The lowest BCUT2D eigenvalue weighted by atomic mass is 9.70. The molecular weight excluding hydrogens is 188 g/mol. The van der Waals surface area contributed by atoms with Gasteiger partial charge in [-0.25, -0.2) is 4.98 Å². The van der Waals surface area contributed by atoms with Crippen molar-refractivity contribution in [1.82, 2.24) is 9.97 Å². The van der Waals surface area contributed by atoms with Gasteiger partial charge in [-0.05, 0) is 24.3 Å². The van der Waals surface area contributed by atoms with Crippen molar-refractivity contribution in [3.05, 3.63) is 12.3 Å². The Labute approximate surface area is 90.5 Å². The third kappa shape index (κ3) is 2.37. The van der Waals surface area contributed by atoms with Crippen LogP contribution in [0.25, 0.3) is 0 Å². The molecule has 0 atom stereocenters. The molecule has 2 rings (SSSR count). The Morgan fingerprint density at radius 1 is 1.47 bits per heavy atom. The summed E-state index contributed by atoms with van der Waals surface area (Å²) in [6.07, 6.45) is 5.78. The maximum absolute atomic E-state index is 4.32. The summed E-state index contributed by atoms with van der Waals surface area (Å²) >= 11 is 0. The molecule has 82 valence electrons. The zero-order valence-corrected chi connectivity index (χ0v) is 9.38. The minimum atomic E-state index is 0.477. The van der Waals surface area contributed by atoms with Crippen LogP contribution in [-0.2, 0) is 0 Å². The zero-order valence-electron chi connectivity index (χ0n) is 9.38. The van der Waals surface area contributed by atoms with E-state index in [1.807, 2.05) is 13.1 Å². The summed E-state index contributed by atoms with van der Waals surface area (Å²) < 4.78 is 0. The fourth-order valence-corrected chi connectivity index (χ4v) is 1.84. The van der Waals surface area contributed by atoms with E-state index in [4.69, 9.17) is 0 Å². The minimum absolute atomic E-state index is 0.477. The van der Waals surface area contributed by atoms with Gasteiger partial charge in [-0.15, -0.1) is 0 Å². The van der Waals surface area contributed by atoms with Gasteiger partial charge in [0.1, 0.15) is 5.82 Å². The first-order valence-electron chi connectivity index (χ1n) is 5.47. The van der Waals surface area contributed by atoms with Crippen molar-refractivity contribution in [2.24, 2.45) is 5.41 Å². The summed E-state index contributed by atoms with van der Waals surface area (Å²) in [5.74, 6) is 1.57. The number of anilines is 2. The van der Waals surface area contributed by atoms with Crippen LogP contribution in [-0.4, -0.2) is 23.6 Å². The van der Waals surface area contributed by atoms with Gasteiger partial charge in [0.2, 0.25) is 5.95 Å². The van der Waals surface area contributed by atoms with Crippen LogP contribution in [0, 0.1) is 5.41 Å². The van der Waals surface area contributed by atoms with E-state index in [0.29, 0.717) is 11.4 Å². The summed E-state index contributed by atoms with van der Waals surface area (Å²) in [7, 11) is 1.83. The van der Waals surface area contributed by atoms with E-state index in [-0.39, 0.29) is 0 Å². The SMILES string of the molecule is CNc1nccc(NCC2(C)CCC2)n1. The predicted octanol–water partition coefficient (Wildman–Crippen LogP) is 2.12. The van der Waals surface area contributed by atoms with Gasteiger partial charge in [-0.2, -0.15) is 4.98 Å². The third-order valence-corrected chi connectivity index (χ3v) is 3.14. The van der Waals surface area contributed by atoms with Crippen LogP contribution in [0.5, 0.6) is 0 Å². The Bertz CT molecular complexity index is 333. The van der Waals surface area contributed by atoms with Crippen LogP contribution in [0.3, 0.4) is 0 Å². The molecule has 1 aromatic heterocycles. The minimum Gasteiger partial charge on any atom is -0.369 e. The van der Waals surface area contributed by atoms with Crippen molar-refractivity contribution < 1.29 is 0 Å². The van der Waals surface area contributed by atoms with Crippen LogP contribution in [0.2, 0.25) is 0 Å². The van der Waals surface area contributed by atoms with Crippen molar-refractivity contribution in [1.29, 1.82) is 0 Å². The molecule has 0 bridgehead atoms. The monoisotopic (exact) mass is 206 g/mol. The molecule has 1 fully saturated rings. The van der Waals surface area contributed by atoms with Crippen LogP contribution in [0.15, 0.2) is 12.3 Å². The highest BCUT2D eigenvalue weighted by atomic mass is 15.1. The van der Waals surface area contributed by atoms with E-state index in [9.17, 15) is 0 Å². The molecule has 1 aliphatic carbocycles. The van der Waals surface area contributed by atoms with Crippen molar-refractivity contribution in [2.45, 2.75) is 26.2 Å². The molecule has 15 heavy (non-hydrogen) atoms. The summed E-state index contributed by atoms with van der Waals surface area (Å²) in [5.41, 5.74) is 0.477. The van der Waals surface area contributed by atoms with Crippen LogP contribution < -0.4 is 10.6 Å². The summed E-state index contributed by atoms with van der Waals surface area (Å²) in [6, 6.07) is 1.91. The van der Waals surface area contributed by atoms with Crippen molar-refractivity contribution in [2.75, 3.05) is 24.2 Å². The number of rotatable bonds is 4. The first kappa shape index (κ1) is 10.2. The van der Waals surface area contributed by atoms with Gasteiger partial charge >= 0.3 is 0 Å². The lowest BCUT2D eigenvalue weighted by molar-refractivity contribution is 0.180. The quantitative estimate of drug-likeness (QED) is 0.792. The van der Waals surface area contributed by atoms with E-state index >= 15 is 0 Å². The molecule has 0 unspecified atom stereocenters. The van der Waals surface area contributed by atoms with E-state index in [2.05, 4.69) is 27.5 Å². The molecule has 1 heterocycles. The Morgan fingerprint density at radius 2 is 2.27 bits per heavy atom. The van der Waals surface area contributed by atoms with E-state index < -0.39 is 0 Å². The molecule has 0 radical (unpaired) electrons. The number of nitrogens with one attached hydrogen (secondary N) is 2. The Kier molecular flexibility index (Phi) is 2.75. The first-order valence-corrected chi connectivity index (χ1v) is 5.47. The second-order valence-electron chi connectivity index (χ2n) is 4.53. The number of hydrogen-bond donors (Lipinski definition) is 2.